The summed E-state index contributed by atoms with van der Waals surface area (Å²) in [4.78, 5) is 83.2. The van der Waals surface area contributed by atoms with Crippen molar-refractivity contribution in [1.29, 1.82) is 0 Å². The van der Waals surface area contributed by atoms with Crippen LogP contribution in [0.5, 0.6) is 5.19 Å². The van der Waals surface area contributed by atoms with Crippen molar-refractivity contribution in [2.75, 3.05) is 119 Å². The van der Waals surface area contributed by atoms with Crippen LogP contribution in [-0.2, 0) is 65.4 Å². The molecule has 6 atom stereocenters. The summed E-state index contributed by atoms with van der Waals surface area (Å²) < 4.78 is 45.4. The molecule has 4 aromatic rings. The van der Waals surface area contributed by atoms with Crippen LogP contribution in [0, 0.1) is 24.7 Å². The maximum atomic E-state index is 14.9. The minimum Gasteiger partial charge on any atom is -0.465 e. The smallest absolute Gasteiger partial charge is 0.407 e. The molecule has 2 aliphatic heterocycles. The largest absolute Gasteiger partial charge is 0.465 e. The maximum absolute atomic E-state index is 14.9. The molecule has 6 rings (SSSR count). The van der Waals surface area contributed by atoms with Crippen molar-refractivity contribution in [3.8, 4) is 26.1 Å². The van der Waals surface area contributed by atoms with E-state index in [1.807, 2.05) is 109 Å². The molecule has 2 aromatic carbocycles. The molecular weight excluding hydrogens is 1210 g/mol. The second kappa shape index (κ2) is 36.6. The van der Waals surface area contributed by atoms with Gasteiger partial charge >= 0.3 is 6.09 Å². The van der Waals surface area contributed by atoms with Gasteiger partial charge in [-0.3, -0.25) is 19.2 Å². The van der Waals surface area contributed by atoms with Gasteiger partial charge in [0.2, 0.25) is 23.6 Å². The number of likely N-dealkylation sites (tertiary alicyclic amines) is 2. The molecule has 2 saturated heterocycles. The quantitative estimate of drug-likeness (QED) is 0.0279. The Hall–Kier alpha value is -5.75. The topological polar surface area (TPSA) is 298 Å². The lowest BCUT2D eigenvalue weighted by Crippen LogP contribution is -2.57. The number of alkyl carbamates (subject to hydrolysis) is 1. The number of β-amino-alcohol motifs (C(OH)–C–C–N with tert-alkyl or cyclic N) is 1. The molecule has 91 heavy (non-hydrogen) atoms. The van der Waals surface area contributed by atoms with E-state index >= 15 is 0 Å². The zero-order chi connectivity index (χ0) is 66.1. The lowest BCUT2D eigenvalue weighted by molar-refractivity contribution is -0.142. The van der Waals surface area contributed by atoms with Gasteiger partial charge in [0.05, 0.1) is 131 Å². The Labute approximate surface area is 545 Å². The molecule has 0 aliphatic carbocycles. The predicted octanol–water partition coefficient (Wildman–Crippen LogP) is 5.38. The first kappa shape index (κ1) is 74.3. The number of nitrogens with two attached hydrogens (primary N) is 1. The molecule has 0 radical (unpaired) electrons. The zero-order valence-corrected chi connectivity index (χ0v) is 56.8. The maximum Gasteiger partial charge on any atom is 0.407 e. The number of aliphatic hydroxyl groups is 1. The van der Waals surface area contributed by atoms with E-state index in [4.69, 9.17) is 48.6 Å². The fourth-order valence-corrected chi connectivity index (χ4v) is 12.2. The third-order valence-corrected chi connectivity index (χ3v) is 17.0. The molecule has 2 unspecified atom stereocenters. The number of aromatic nitrogens is 2. The first-order valence-corrected chi connectivity index (χ1v) is 33.2. The number of nitrogens with one attached hydrogen (secondary N) is 5. The molecule has 2 fully saturated rings. The summed E-state index contributed by atoms with van der Waals surface area (Å²) >= 11 is 2.95. The van der Waals surface area contributed by atoms with E-state index in [0.717, 1.165) is 43.4 Å². The third kappa shape index (κ3) is 24.6. The van der Waals surface area contributed by atoms with E-state index in [1.165, 1.54) is 16.2 Å². The van der Waals surface area contributed by atoms with Crippen LogP contribution in [0.1, 0.15) is 97.7 Å². The second-order valence-electron chi connectivity index (χ2n) is 25.8. The average molecular weight is 1310 g/mol. The molecule has 24 nitrogen and oxygen atoms in total. The van der Waals surface area contributed by atoms with E-state index in [9.17, 15) is 29.1 Å². The zero-order valence-electron chi connectivity index (χ0n) is 55.2. The predicted molar refractivity (Wildman–Crippen MR) is 350 cm³/mol. The summed E-state index contributed by atoms with van der Waals surface area (Å²) in [5.74, 6) is -1.14. The average Bonchev–Trinajstić information content (AvgIpc) is 1.92. The number of thiazole rings is 2. The van der Waals surface area contributed by atoms with E-state index in [2.05, 4.69) is 31.6 Å². The van der Waals surface area contributed by atoms with Gasteiger partial charge in [-0.2, -0.15) is 0 Å². The van der Waals surface area contributed by atoms with Crippen molar-refractivity contribution in [2.45, 2.75) is 144 Å². The van der Waals surface area contributed by atoms with Crippen LogP contribution in [0.3, 0.4) is 0 Å². The lowest BCUT2D eigenvalue weighted by Gasteiger charge is -2.35. The first-order chi connectivity index (χ1) is 43.3. The molecule has 8 N–H and O–H groups in total. The van der Waals surface area contributed by atoms with Gasteiger partial charge in [-0.05, 0) is 67.7 Å². The van der Waals surface area contributed by atoms with Crippen molar-refractivity contribution in [2.24, 2.45) is 16.6 Å². The van der Waals surface area contributed by atoms with Crippen LogP contribution in [0.2, 0.25) is 0 Å². The molecule has 26 heteroatoms. The molecule has 506 valence electrons. The van der Waals surface area contributed by atoms with Crippen LogP contribution < -0.4 is 37.1 Å². The van der Waals surface area contributed by atoms with E-state index in [-0.39, 0.29) is 62.6 Å². The third-order valence-electron chi connectivity index (χ3n) is 14.9. The number of benzene rings is 2. The van der Waals surface area contributed by atoms with Crippen LogP contribution in [-0.4, -0.2) is 215 Å². The number of aliphatic hydroxyl groups excluding tert-OH is 1. The van der Waals surface area contributed by atoms with Gasteiger partial charge in [0, 0.05) is 58.7 Å². The number of hydrogen-bond donors (Lipinski definition) is 7. The highest BCUT2D eigenvalue weighted by Gasteiger charge is 2.46. The fraction of sp³-hybridized carbons (Fsp3) is 0.646. The number of carbonyl (C=O) groups is 5. The first-order valence-electron chi connectivity index (χ1n) is 31.5. The highest BCUT2D eigenvalue weighted by atomic mass is 32.1. The molecule has 0 spiro atoms. The number of ether oxygens (including phenoxy) is 8. The molecule has 4 heterocycles. The highest BCUT2D eigenvalue weighted by Crippen LogP contribution is 2.37. The molecule has 0 saturated carbocycles. The summed E-state index contributed by atoms with van der Waals surface area (Å²) in [6.45, 7) is 27.9. The summed E-state index contributed by atoms with van der Waals surface area (Å²) in [7, 11) is 0. The van der Waals surface area contributed by atoms with E-state index in [0.29, 0.717) is 111 Å². The minimum atomic E-state index is -0.848. The monoisotopic (exact) mass is 1310 g/mol. The van der Waals surface area contributed by atoms with Gasteiger partial charge in [0.25, 0.3) is 5.19 Å². The summed E-state index contributed by atoms with van der Waals surface area (Å²) in [6.07, 6.45) is -1.52. The van der Waals surface area contributed by atoms with Crippen molar-refractivity contribution < 1.29 is 67.0 Å². The summed E-state index contributed by atoms with van der Waals surface area (Å²) in [5.41, 5.74) is 11.0. The summed E-state index contributed by atoms with van der Waals surface area (Å²) in [5, 5.41) is 26.7. The molecule has 2 aliphatic rings. The second-order valence-corrected chi connectivity index (χ2v) is 27.6. The van der Waals surface area contributed by atoms with E-state index in [1.54, 1.807) is 37.0 Å². The highest BCUT2D eigenvalue weighted by molar-refractivity contribution is 7.17. The van der Waals surface area contributed by atoms with Gasteiger partial charge in [0.1, 0.15) is 23.8 Å². The molecule has 2 aromatic heterocycles. The number of nitrogens with zero attached hydrogens (tertiary/aromatic N) is 4. The summed E-state index contributed by atoms with van der Waals surface area (Å²) in [6, 6.07) is 12.8. The normalized spacial score (nSPS) is 17.7. The number of carbonyl (C=O) groups excluding carboxylic acids is 5. The van der Waals surface area contributed by atoms with Gasteiger partial charge in [-0.25, -0.2) is 14.8 Å². The standard InChI is InChI=1S/C65H100N10O14S2/c1-43-53(90-42-72-43)47-16-12-45(13-17-47)39-71-58(78)52-37-50(41-75(52)60(80)56(64(6,7)8)68-22-26-84-30-34-87-35-31-85-27-23-69-61(81)89-65(9,10)11)88-62-73-44(2)54(91-62)48-18-14-46(15-19-48)38-70-57(77)51-36-49(76)40-74(51)59(79)55(63(3,4)5)67-21-25-83-29-33-86-32-28-82-24-20-66/h12-19,42,49-52,55-56,67-68,76H,20-41,66H2,1-11H3,(H,69,81)(H,70,77)(H,71,78)/t49-,50-,51+,52+,55?,56?/m1/s1. The molecule has 0 bridgehead atoms. The minimum absolute atomic E-state index is 0.0475. The van der Waals surface area contributed by atoms with Crippen LogP contribution in [0.25, 0.3) is 20.9 Å². The van der Waals surface area contributed by atoms with Gasteiger partial charge in [0.15, 0.2) is 0 Å². The number of amides is 5. The molecular formula is C65H100N10O14S2. The Morgan fingerprint density at radius 1 is 0.593 bits per heavy atom. The Kier molecular flexibility index (Phi) is 29.9. The lowest BCUT2D eigenvalue weighted by atomic mass is 9.85. The van der Waals surface area contributed by atoms with Crippen LogP contribution >= 0.6 is 22.7 Å². The van der Waals surface area contributed by atoms with E-state index < -0.39 is 58.9 Å². The van der Waals surface area contributed by atoms with Gasteiger partial charge in [-0.1, -0.05) is 101 Å². The van der Waals surface area contributed by atoms with Crippen LogP contribution in [0.15, 0.2) is 54.0 Å². The Morgan fingerprint density at radius 2 is 1.04 bits per heavy atom. The van der Waals surface area contributed by atoms with Gasteiger partial charge in [-0.15, -0.1) is 11.3 Å². The van der Waals surface area contributed by atoms with Crippen molar-refractivity contribution in [3.05, 3.63) is 76.6 Å². The van der Waals surface area contributed by atoms with Crippen LogP contribution in [0.4, 0.5) is 4.79 Å². The van der Waals surface area contributed by atoms with Crippen molar-refractivity contribution in [3.63, 3.8) is 0 Å². The fourth-order valence-electron chi connectivity index (χ4n) is 10.4. The Balaban J connectivity index is 1.02. The Morgan fingerprint density at radius 3 is 1.51 bits per heavy atom. The Bertz CT molecular complexity index is 2880. The number of hydrogen-bond acceptors (Lipinski definition) is 21. The number of aryl methyl sites for hydroxylation is 2. The van der Waals surface area contributed by atoms with Gasteiger partial charge < -0.3 is 85.1 Å². The number of rotatable bonds is 37. The van der Waals surface area contributed by atoms with Crippen molar-refractivity contribution in [1.82, 2.24) is 46.4 Å². The van der Waals surface area contributed by atoms with Crippen molar-refractivity contribution >= 4 is 52.4 Å². The SMILES string of the molecule is Cc1ncsc1-c1ccc(CNC(=O)[C@@H]2C[C@@H](Oc3nc(C)c(-c4ccc(CNC(=O)[C@@H]5C[C@@H](O)CN5C(=O)C(NCCOCCOCCOCCN)C(C)(C)C)cc4)s3)CN2C(=O)C(NCCOCCOCCOCCNC(=O)OC(C)(C)C)C(C)(C)C)cc1. The molecule has 5 amide bonds.